The number of nitrogens with zero attached hydrogens (tertiary/aromatic N) is 6. The largest absolute Gasteiger partial charge is 0.368 e. The molecule has 1 amide bonds. The van der Waals surface area contributed by atoms with Gasteiger partial charge in [-0.25, -0.2) is 9.37 Å². The molecular weight excluding hydrogens is 479 g/mol. The zero-order valence-electron chi connectivity index (χ0n) is 20.8. The summed E-state index contributed by atoms with van der Waals surface area (Å²) in [5, 5.41) is 0.687. The third-order valence-corrected chi connectivity index (χ3v) is 7.72. The maximum atomic E-state index is 13.4. The number of carbonyl (C=O) groups is 1. The number of rotatable bonds is 5. The molecule has 190 valence electrons. The van der Waals surface area contributed by atoms with Gasteiger partial charge in [-0.3, -0.25) is 9.69 Å². The van der Waals surface area contributed by atoms with Crippen molar-refractivity contribution in [3.63, 3.8) is 0 Å². The number of pyridine rings is 1. The number of piperazine rings is 2. The molecule has 3 aromatic rings. The number of hydrogen-bond acceptors (Lipinski definition) is 5. The van der Waals surface area contributed by atoms with E-state index in [1.54, 1.807) is 18.3 Å². The van der Waals surface area contributed by atoms with Gasteiger partial charge >= 0.3 is 0 Å². The van der Waals surface area contributed by atoms with Gasteiger partial charge in [0.15, 0.2) is 0 Å². The Hall–Kier alpha value is -3.10. The fourth-order valence-electron chi connectivity index (χ4n) is 5.08. The summed E-state index contributed by atoms with van der Waals surface area (Å²) in [6.07, 6.45) is 1.78. The predicted molar refractivity (Wildman–Crippen MR) is 141 cm³/mol. The standard InChI is InChI=1S/C27H32ClFN6O/c1-20-21(19-32-10-12-34(13-11-32)26-24(28)4-3-9-30-26)18-25(31(20)2)27(36)35-16-14-33(15-17-35)23-7-5-22(29)6-8-23/h3-9,18H,10-17,19H2,1-2H3. The molecule has 0 aliphatic carbocycles. The Labute approximate surface area is 216 Å². The lowest BCUT2D eigenvalue weighted by atomic mass is 10.2. The molecule has 0 radical (unpaired) electrons. The van der Waals surface area contributed by atoms with Crippen molar-refractivity contribution in [3.8, 4) is 0 Å². The molecule has 36 heavy (non-hydrogen) atoms. The van der Waals surface area contributed by atoms with E-state index in [4.69, 9.17) is 11.6 Å². The van der Waals surface area contributed by atoms with E-state index < -0.39 is 0 Å². The van der Waals surface area contributed by atoms with Crippen LogP contribution in [0.1, 0.15) is 21.7 Å². The Balaban J connectivity index is 1.19. The highest BCUT2D eigenvalue weighted by Gasteiger charge is 2.27. The Morgan fingerprint density at radius 1 is 0.972 bits per heavy atom. The van der Waals surface area contributed by atoms with Gasteiger partial charge in [-0.1, -0.05) is 11.6 Å². The van der Waals surface area contributed by atoms with Crippen LogP contribution in [0.3, 0.4) is 0 Å². The number of carbonyl (C=O) groups excluding carboxylic acids is 1. The molecule has 0 N–H and O–H groups in total. The van der Waals surface area contributed by atoms with Crippen LogP contribution in [0.5, 0.6) is 0 Å². The molecule has 4 heterocycles. The molecule has 0 spiro atoms. The fourth-order valence-corrected chi connectivity index (χ4v) is 5.32. The summed E-state index contributed by atoms with van der Waals surface area (Å²) in [6.45, 7) is 9.22. The number of benzene rings is 1. The summed E-state index contributed by atoms with van der Waals surface area (Å²) in [5.41, 5.74) is 4.04. The van der Waals surface area contributed by atoms with E-state index in [0.717, 1.165) is 68.7 Å². The molecule has 0 bridgehead atoms. The second kappa shape index (κ2) is 10.5. The smallest absolute Gasteiger partial charge is 0.270 e. The monoisotopic (exact) mass is 510 g/mol. The van der Waals surface area contributed by atoms with Crippen LogP contribution in [0, 0.1) is 12.7 Å². The van der Waals surface area contributed by atoms with Gasteiger partial charge in [0.25, 0.3) is 5.91 Å². The maximum absolute atomic E-state index is 13.4. The van der Waals surface area contributed by atoms with E-state index >= 15 is 0 Å². The highest BCUT2D eigenvalue weighted by Crippen LogP contribution is 2.25. The summed E-state index contributed by atoms with van der Waals surface area (Å²) >= 11 is 6.33. The first-order valence-corrected chi connectivity index (χ1v) is 12.8. The molecule has 2 aliphatic heterocycles. The highest BCUT2D eigenvalue weighted by atomic mass is 35.5. The SMILES string of the molecule is Cc1c(CN2CCN(c3ncccc3Cl)CC2)cc(C(=O)N2CCN(c3ccc(F)cc3)CC2)n1C. The van der Waals surface area contributed by atoms with Crippen molar-refractivity contribution < 1.29 is 9.18 Å². The maximum Gasteiger partial charge on any atom is 0.270 e. The van der Waals surface area contributed by atoms with E-state index in [9.17, 15) is 9.18 Å². The normalized spacial score (nSPS) is 17.1. The lowest BCUT2D eigenvalue weighted by molar-refractivity contribution is 0.0737. The molecule has 5 rings (SSSR count). The second-order valence-electron chi connectivity index (χ2n) is 9.53. The quantitative estimate of drug-likeness (QED) is 0.522. The van der Waals surface area contributed by atoms with Crippen molar-refractivity contribution in [1.29, 1.82) is 0 Å². The highest BCUT2D eigenvalue weighted by molar-refractivity contribution is 6.32. The topological polar surface area (TPSA) is 47.9 Å². The average molecular weight is 511 g/mol. The zero-order chi connectivity index (χ0) is 25.2. The first-order valence-electron chi connectivity index (χ1n) is 12.4. The third-order valence-electron chi connectivity index (χ3n) is 7.42. The van der Waals surface area contributed by atoms with Crippen LogP contribution in [0.15, 0.2) is 48.7 Å². The first-order chi connectivity index (χ1) is 17.4. The van der Waals surface area contributed by atoms with Crippen molar-refractivity contribution >= 4 is 29.0 Å². The summed E-state index contributed by atoms with van der Waals surface area (Å²) in [4.78, 5) is 26.6. The van der Waals surface area contributed by atoms with Crippen molar-refractivity contribution in [3.05, 3.63) is 76.5 Å². The van der Waals surface area contributed by atoms with Crippen LogP contribution in [-0.2, 0) is 13.6 Å². The minimum absolute atomic E-state index is 0.0696. The summed E-state index contributed by atoms with van der Waals surface area (Å²) in [6, 6.07) is 12.3. The molecule has 2 aromatic heterocycles. The molecule has 2 saturated heterocycles. The van der Waals surface area contributed by atoms with Gasteiger partial charge in [0, 0.05) is 83.5 Å². The van der Waals surface area contributed by atoms with Crippen molar-refractivity contribution in [2.75, 3.05) is 62.2 Å². The zero-order valence-corrected chi connectivity index (χ0v) is 21.6. The minimum atomic E-state index is -0.234. The van der Waals surface area contributed by atoms with Gasteiger partial charge in [-0.05, 0) is 55.0 Å². The lowest BCUT2D eigenvalue weighted by Gasteiger charge is -2.36. The van der Waals surface area contributed by atoms with Crippen LogP contribution >= 0.6 is 11.6 Å². The number of hydrogen-bond donors (Lipinski definition) is 0. The molecule has 2 aliphatic rings. The van der Waals surface area contributed by atoms with Gasteiger partial charge in [-0.2, -0.15) is 0 Å². The van der Waals surface area contributed by atoms with Gasteiger partial charge in [0.05, 0.1) is 5.02 Å². The Morgan fingerprint density at radius 3 is 2.31 bits per heavy atom. The van der Waals surface area contributed by atoms with Gasteiger partial charge in [0.1, 0.15) is 17.3 Å². The Kier molecular flexibility index (Phi) is 7.16. The molecule has 2 fully saturated rings. The predicted octanol–water partition coefficient (Wildman–Crippen LogP) is 3.81. The number of anilines is 2. The number of aromatic nitrogens is 2. The van der Waals surface area contributed by atoms with Crippen LogP contribution in [0.25, 0.3) is 0 Å². The van der Waals surface area contributed by atoms with E-state index in [-0.39, 0.29) is 11.7 Å². The third kappa shape index (κ3) is 5.06. The van der Waals surface area contributed by atoms with Crippen molar-refractivity contribution in [1.82, 2.24) is 19.4 Å². The van der Waals surface area contributed by atoms with E-state index in [2.05, 4.69) is 32.7 Å². The molecule has 0 atom stereocenters. The summed E-state index contributed by atoms with van der Waals surface area (Å²) < 4.78 is 15.3. The first kappa shape index (κ1) is 24.6. The van der Waals surface area contributed by atoms with Gasteiger partial charge < -0.3 is 19.3 Å². The van der Waals surface area contributed by atoms with Crippen LogP contribution in [-0.4, -0.2) is 77.6 Å². The molecule has 0 saturated carbocycles. The Morgan fingerprint density at radius 2 is 1.64 bits per heavy atom. The van der Waals surface area contributed by atoms with Crippen LogP contribution in [0.2, 0.25) is 5.02 Å². The average Bonchev–Trinajstić information content (AvgIpc) is 3.18. The number of amides is 1. The fraction of sp³-hybridized carbons (Fsp3) is 0.407. The Bertz CT molecular complexity index is 1210. The molecular formula is C27H32ClFN6O. The molecule has 7 nitrogen and oxygen atoms in total. The second-order valence-corrected chi connectivity index (χ2v) is 9.93. The van der Waals surface area contributed by atoms with Crippen LogP contribution < -0.4 is 9.80 Å². The number of halogens is 2. The van der Waals surface area contributed by atoms with Gasteiger partial charge in [0.2, 0.25) is 0 Å². The molecule has 9 heteroatoms. The van der Waals surface area contributed by atoms with E-state index in [1.807, 2.05) is 28.6 Å². The van der Waals surface area contributed by atoms with E-state index in [1.165, 1.54) is 17.7 Å². The minimum Gasteiger partial charge on any atom is -0.368 e. The van der Waals surface area contributed by atoms with Crippen LogP contribution in [0.4, 0.5) is 15.9 Å². The van der Waals surface area contributed by atoms with Crippen molar-refractivity contribution in [2.24, 2.45) is 7.05 Å². The summed E-state index contributed by atoms with van der Waals surface area (Å²) in [5.74, 6) is 0.685. The molecule has 0 unspecified atom stereocenters. The van der Waals surface area contributed by atoms with Gasteiger partial charge in [-0.15, -0.1) is 0 Å². The lowest BCUT2D eigenvalue weighted by Crippen LogP contribution is -2.49. The summed E-state index contributed by atoms with van der Waals surface area (Å²) in [7, 11) is 1.97. The van der Waals surface area contributed by atoms with Crippen molar-refractivity contribution in [2.45, 2.75) is 13.5 Å². The molecule has 1 aromatic carbocycles. The van der Waals surface area contributed by atoms with E-state index in [0.29, 0.717) is 18.1 Å².